The van der Waals surface area contributed by atoms with Gasteiger partial charge in [-0.2, -0.15) is 0 Å². The summed E-state index contributed by atoms with van der Waals surface area (Å²) in [6.45, 7) is 2.55. The van der Waals surface area contributed by atoms with Gasteiger partial charge in [0.1, 0.15) is 6.04 Å². The summed E-state index contributed by atoms with van der Waals surface area (Å²) in [6.07, 6.45) is 1.17. The number of aliphatic hydroxyl groups excluding tert-OH is 1. The molecule has 0 saturated carbocycles. The summed E-state index contributed by atoms with van der Waals surface area (Å²) in [5.41, 5.74) is 0. The largest absolute Gasteiger partial charge is 0.480 e. The van der Waals surface area contributed by atoms with Crippen molar-refractivity contribution in [3.8, 4) is 0 Å². The van der Waals surface area contributed by atoms with Crippen LogP contribution in [0, 0.1) is 0 Å². The number of carbonyl (C=O) groups is 1. The van der Waals surface area contributed by atoms with Gasteiger partial charge in [0.25, 0.3) is 0 Å². The van der Waals surface area contributed by atoms with Gasteiger partial charge in [-0.3, -0.25) is 4.79 Å². The van der Waals surface area contributed by atoms with E-state index in [9.17, 15) is 4.79 Å². The molecule has 0 aromatic rings. The predicted molar refractivity (Wildman–Crippen MR) is 41.4 cm³/mol. The van der Waals surface area contributed by atoms with Crippen molar-refractivity contribution >= 4 is 5.97 Å². The first-order chi connectivity index (χ1) is 5.22. The van der Waals surface area contributed by atoms with E-state index in [-0.39, 0.29) is 32.5 Å². The first kappa shape index (κ1) is 14.5. The molecule has 4 nitrogen and oxygen atoms in total. The van der Waals surface area contributed by atoms with Crippen molar-refractivity contribution in [3.63, 3.8) is 0 Å². The molecule has 0 aliphatic rings. The van der Waals surface area contributed by atoms with E-state index in [0.29, 0.717) is 6.54 Å². The van der Waals surface area contributed by atoms with Crippen LogP contribution < -0.4 is 5.32 Å². The van der Waals surface area contributed by atoms with E-state index < -0.39 is 12.0 Å². The summed E-state index contributed by atoms with van der Waals surface area (Å²) in [5, 5.41) is 19.8. The Balaban J connectivity index is 0. The molecule has 0 aromatic heterocycles. The first-order valence-electron chi connectivity index (χ1n) is 3.79. The maximum Gasteiger partial charge on any atom is 0.320 e. The summed E-state index contributed by atoms with van der Waals surface area (Å²) in [6, 6.07) is -0.597. The fourth-order valence-electron chi connectivity index (χ4n) is 0.761. The van der Waals surface area contributed by atoms with Crippen LogP contribution in [0.25, 0.3) is 0 Å². The Labute approximate surface area is 85.1 Å². The Morgan fingerprint density at radius 3 is 2.50 bits per heavy atom. The Bertz CT molecular complexity index is 121. The van der Waals surface area contributed by atoms with Crippen LogP contribution in [-0.2, 0) is 24.3 Å². The van der Waals surface area contributed by atoms with Crippen LogP contribution in [0.3, 0.4) is 0 Å². The molecule has 3 N–H and O–H groups in total. The topological polar surface area (TPSA) is 69.6 Å². The molecule has 0 bridgehead atoms. The smallest absolute Gasteiger partial charge is 0.320 e. The minimum absolute atomic E-state index is 0. The van der Waals surface area contributed by atoms with Gasteiger partial charge in [-0.15, -0.1) is 0 Å². The third-order valence-corrected chi connectivity index (χ3v) is 1.36. The number of carboxylic acids is 1. The maximum absolute atomic E-state index is 10.4. The molecule has 0 spiro atoms. The van der Waals surface area contributed by atoms with Crippen LogP contribution in [0.1, 0.15) is 19.8 Å². The second kappa shape index (κ2) is 9.10. The molecular formula is C7H15NO3Zn. The van der Waals surface area contributed by atoms with Gasteiger partial charge in [0, 0.05) is 26.1 Å². The molecule has 1 atom stereocenters. The average molecular weight is 227 g/mol. The molecule has 1 unspecified atom stereocenters. The second-order valence-electron chi connectivity index (χ2n) is 2.36. The van der Waals surface area contributed by atoms with Crippen molar-refractivity contribution in [3.05, 3.63) is 0 Å². The van der Waals surface area contributed by atoms with Gasteiger partial charge in [0.05, 0.1) is 0 Å². The summed E-state index contributed by atoms with van der Waals surface area (Å²) < 4.78 is 0. The quantitative estimate of drug-likeness (QED) is 0.550. The molecule has 0 aliphatic carbocycles. The van der Waals surface area contributed by atoms with Crippen molar-refractivity contribution in [2.24, 2.45) is 0 Å². The van der Waals surface area contributed by atoms with E-state index in [1.165, 1.54) is 0 Å². The monoisotopic (exact) mass is 225 g/mol. The Morgan fingerprint density at radius 2 is 2.17 bits per heavy atom. The van der Waals surface area contributed by atoms with Crippen molar-refractivity contribution in [1.82, 2.24) is 5.32 Å². The van der Waals surface area contributed by atoms with Crippen LogP contribution in [-0.4, -0.2) is 35.4 Å². The minimum Gasteiger partial charge on any atom is -0.480 e. The number of hydrogen-bond donors (Lipinski definition) is 3. The summed E-state index contributed by atoms with van der Waals surface area (Å²) in [4.78, 5) is 10.4. The van der Waals surface area contributed by atoms with Crippen LogP contribution in [0.5, 0.6) is 0 Å². The zero-order chi connectivity index (χ0) is 8.69. The van der Waals surface area contributed by atoms with E-state index in [1.807, 2.05) is 6.92 Å². The van der Waals surface area contributed by atoms with Gasteiger partial charge in [0.2, 0.25) is 0 Å². The van der Waals surface area contributed by atoms with Gasteiger partial charge < -0.3 is 15.5 Å². The standard InChI is InChI=1S/C7H15NO3.Zn/c1-2-4-8-6(3-5-9)7(10)11;/h6,8-9H,2-5H2,1H3,(H,10,11);. The van der Waals surface area contributed by atoms with E-state index in [2.05, 4.69) is 5.32 Å². The number of aliphatic carboxylic acids is 1. The average Bonchev–Trinajstić information content (AvgIpc) is 1.97. The van der Waals surface area contributed by atoms with Crippen molar-refractivity contribution < 1.29 is 34.5 Å². The van der Waals surface area contributed by atoms with Crippen LogP contribution >= 0.6 is 0 Å². The predicted octanol–water partition coefficient (Wildman–Crippen LogP) is -0.181. The van der Waals surface area contributed by atoms with E-state index in [1.54, 1.807) is 0 Å². The fourth-order valence-corrected chi connectivity index (χ4v) is 0.761. The van der Waals surface area contributed by atoms with Gasteiger partial charge in [-0.05, 0) is 19.4 Å². The SMILES string of the molecule is CCCNC(CCO)C(=O)O.[Zn]. The van der Waals surface area contributed by atoms with E-state index in [4.69, 9.17) is 10.2 Å². The normalized spacial score (nSPS) is 11.8. The Hall–Kier alpha value is 0.0134. The third kappa shape index (κ3) is 6.71. The second-order valence-corrected chi connectivity index (χ2v) is 2.36. The molecule has 0 radical (unpaired) electrons. The first-order valence-corrected chi connectivity index (χ1v) is 3.79. The van der Waals surface area contributed by atoms with Gasteiger partial charge in [-0.25, -0.2) is 0 Å². The molecule has 0 saturated heterocycles. The number of nitrogens with one attached hydrogen (secondary N) is 1. The van der Waals surface area contributed by atoms with Gasteiger partial charge in [0.15, 0.2) is 0 Å². The number of hydrogen-bond acceptors (Lipinski definition) is 3. The molecule has 0 rings (SSSR count). The van der Waals surface area contributed by atoms with E-state index >= 15 is 0 Å². The molecule has 5 heteroatoms. The summed E-state index contributed by atoms with van der Waals surface area (Å²) in [7, 11) is 0. The molecule has 0 aromatic carbocycles. The Kier molecular flexibility index (Phi) is 11.0. The number of rotatable bonds is 6. The van der Waals surface area contributed by atoms with Crippen molar-refractivity contribution in [2.75, 3.05) is 13.2 Å². The molecular weight excluding hydrogens is 211 g/mol. The molecule has 0 aliphatic heterocycles. The minimum atomic E-state index is -0.896. The maximum atomic E-state index is 10.4. The van der Waals surface area contributed by atoms with Crippen LogP contribution in [0.2, 0.25) is 0 Å². The summed E-state index contributed by atoms with van der Waals surface area (Å²) >= 11 is 0. The summed E-state index contributed by atoms with van der Waals surface area (Å²) in [5.74, 6) is -0.896. The van der Waals surface area contributed by atoms with Crippen LogP contribution in [0.4, 0.5) is 0 Å². The van der Waals surface area contributed by atoms with Gasteiger partial charge >= 0.3 is 5.97 Å². The van der Waals surface area contributed by atoms with Crippen molar-refractivity contribution in [1.29, 1.82) is 0 Å². The molecule has 68 valence electrons. The number of aliphatic hydroxyl groups is 1. The number of carboxylic acid groups (broad SMARTS) is 1. The van der Waals surface area contributed by atoms with Gasteiger partial charge in [-0.1, -0.05) is 6.92 Å². The Morgan fingerprint density at radius 1 is 1.58 bits per heavy atom. The fraction of sp³-hybridized carbons (Fsp3) is 0.857. The molecule has 0 heterocycles. The molecule has 0 fully saturated rings. The third-order valence-electron chi connectivity index (χ3n) is 1.36. The van der Waals surface area contributed by atoms with E-state index in [0.717, 1.165) is 6.42 Å². The zero-order valence-electron chi connectivity index (χ0n) is 7.42. The zero-order valence-corrected chi connectivity index (χ0v) is 10.4. The van der Waals surface area contributed by atoms with Crippen molar-refractivity contribution in [2.45, 2.75) is 25.8 Å². The molecule has 12 heavy (non-hydrogen) atoms. The molecule has 0 amide bonds. The van der Waals surface area contributed by atoms with Crippen LogP contribution in [0.15, 0.2) is 0 Å².